The van der Waals surface area contributed by atoms with Crippen LogP contribution in [0.25, 0.3) is 0 Å². The summed E-state index contributed by atoms with van der Waals surface area (Å²) >= 11 is 0. The highest BCUT2D eigenvalue weighted by atomic mass is 32.1. The fourth-order valence-electron chi connectivity index (χ4n) is 0.0730. The van der Waals surface area contributed by atoms with E-state index in [0.717, 1.165) is 7.11 Å². The van der Waals surface area contributed by atoms with Crippen molar-refractivity contribution in [2.24, 2.45) is 0 Å². The Balaban J connectivity index is 3.93. The summed E-state index contributed by atoms with van der Waals surface area (Å²) in [6, 6.07) is 0. The fraction of sp³-hybridized carbons (Fsp3) is 1.00. The Morgan fingerprint density at radius 1 is 1.62 bits per heavy atom. The molecule has 0 aromatic heterocycles. The van der Waals surface area contributed by atoms with Crippen molar-refractivity contribution in [3.8, 4) is 0 Å². The summed E-state index contributed by atoms with van der Waals surface area (Å²) in [5.41, 5.74) is 0. The van der Waals surface area contributed by atoms with Crippen LogP contribution in [0, 0.1) is 0 Å². The van der Waals surface area contributed by atoms with E-state index < -0.39 is 15.3 Å². The molecule has 8 heavy (non-hydrogen) atoms. The first-order chi connectivity index (χ1) is 3.50. The van der Waals surface area contributed by atoms with Crippen molar-refractivity contribution in [2.45, 2.75) is 0 Å². The lowest BCUT2D eigenvalue weighted by atomic mass is 11.8. The van der Waals surface area contributed by atoms with Gasteiger partial charge in [-0.3, -0.25) is 4.57 Å². The second kappa shape index (κ2) is 2.87. The average Bonchev–Trinajstić information content (AvgIpc) is 1.67. The van der Waals surface area contributed by atoms with Crippen LogP contribution in [-0.4, -0.2) is 21.8 Å². The molecule has 0 saturated heterocycles. The first kappa shape index (κ1) is 8.50. The monoisotopic (exact) mass is 160 g/mol. The molecule has 3 N–H and O–H groups in total. The van der Waals surface area contributed by atoms with Crippen LogP contribution in [0.3, 0.4) is 0 Å². The molecule has 0 rings (SSSR count). The summed E-state index contributed by atoms with van der Waals surface area (Å²) in [6.07, 6.45) is 0. The highest BCUT2D eigenvalue weighted by Gasteiger charge is 2.28. The van der Waals surface area contributed by atoms with Crippen molar-refractivity contribution < 1.29 is 23.8 Å². The Kier molecular flexibility index (Phi) is 3.05. The minimum atomic E-state index is -4.07. The van der Waals surface area contributed by atoms with Crippen LogP contribution in [0.4, 0.5) is 0 Å². The maximum atomic E-state index is 10.1. The van der Waals surface area contributed by atoms with Gasteiger partial charge in [0.25, 0.3) is 8.06 Å². The smallest absolute Gasteiger partial charge is 0.341 e. The van der Waals surface area contributed by atoms with Crippen LogP contribution in [0.2, 0.25) is 0 Å². The summed E-state index contributed by atoms with van der Waals surface area (Å²) in [7, 11) is -5.99. The van der Waals surface area contributed by atoms with E-state index in [0.29, 0.717) is 0 Å². The Labute approximate surface area is 47.3 Å². The van der Waals surface area contributed by atoms with Gasteiger partial charge in [-0.1, -0.05) is 0 Å². The summed E-state index contributed by atoms with van der Waals surface area (Å²) in [4.78, 5) is 24.4. The Hall–Kier alpha value is 0.500. The molecule has 1 atom stereocenters. The topological polar surface area (TPSA) is 87.0 Å². The van der Waals surface area contributed by atoms with Gasteiger partial charge in [0.1, 0.15) is 0 Å². The van der Waals surface area contributed by atoms with Gasteiger partial charge in [-0.2, -0.15) is 0 Å². The Morgan fingerprint density at radius 3 is 2.00 bits per heavy atom. The highest BCUT2D eigenvalue weighted by molar-refractivity contribution is 8.23. The van der Waals surface area contributed by atoms with Crippen LogP contribution < -0.4 is 0 Å². The lowest BCUT2D eigenvalue weighted by molar-refractivity contribution is 0.323. The average molecular weight is 160 g/mol. The molecule has 0 spiro atoms. The van der Waals surface area contributed by atoms with Crippen LogP contribution in [-0.2, 0) is 9.09 Å². The number of rotatable bonds is 2. The predicted octanol–water partition coefficient (Wildman–Crippen LogP) is 0.0297. The molecule has 1 unspecified atom stereocenters. The van der Waals surface area contributed by atoms with Gasteiger partial charge >= 0.3 is 7.28 Å². The van der Waals surface area contributed by atoms with Crippen molar-refractivity contribution >= 4 is 15.3 Å². The highest BCUT2D eigenvalue weighted by Crippen LogP contribution is 2.68. The van der Waals surface area contributed by atoms with E-state index in [1.54, 1.807) is 0 Å². The van der Waals surface area contributed by atoms with Gasteiger partial charge in [0.15, 0.2) is 0 Å². The molecule has 0 aromatic rings. The molecule has 0 bridgehead atoms. The minimum Gasteiger partial charge on any atom is -0.341 e. The molecule has 7 heteroatoms. The third-order valence-electron chi connectivity index (χ3n) is 0.464. The molecular formula is CH6O5P2. The van der Waals surface area contributed by atoms with E-state index in [1.807, 2.05) is 0 Å². The molecule has 0 aliphatic heterocycles. The van der Waals surface area contributed by atoms with Crippen molar-refractivity contribution in [3.05, 3.63) is 0 Å². The normalized spacial score (nSPS) is 18.6. The zero-order chi connectivity index (χ0) is 6.78. The van der Waals surface area contributed by atoms with Crippen molar-refractivity contribution in [1.29, 1.82) is 0 Å². The van der Waals surface area contributed by atoms with Gasteiger partial charge in [-0.05, 0) is 0 Å². The zero-order valence-electron chi connectivity index (χ0n) is 4.05. The van der Waals surface area contributed by atoms with Crippen molar-refractivity contribution in [2.75, 3.05) is 7.11 Å². The molecule has 0 fully saturated rings. The predicted molar refractivity (Wildman–Crippen MR) is 28.2 cm³/mol. The third kappa shape index (κ3) is 2.18. The van der Waals surface area contributed by atoms with E-state index in [-0.39, 0.29) is 0 Å². The lowest BCUT2D eigenvalue weighted by Gasteiger charge is -2.06. The van der Waals surface area contributed by atoms with Crippen molar-refractivity contribution in [3.63, 3.8) is 0 Å². The van der Waals surface area contributed by atoms with Gasteiger partial charge in [-0.25, -0.2) is 0 Å². The largest absolute Gasteiger partial charge is 0.402 e. The SMILES string of the molecule is COP(=O)(O)P(O)O. The molecule has 0 aromatic carbocycles. The van der Waals surface area contributed by atoms with Gasteiger partial charge in [0.05, 0.1) is 0 Å². The van der Waals surface area contributed by atoms with E-state index in [9.17, 15) is 4.57 Å². The molecule has 0 heterocycles. The van der Waals surface area contributed by atoms with Crippen LogP contribution in [0.15, 0.2) is 0 Å². The van der Waals surface area contributed by atoms with Crippen molar-refractivity contribution in [1.82, 2.24) is 0 Å². The standard InChI is InChI=1S/CH6O5P2/c1-6-8(4,5)7(2)3/h2-3H,1H3,(H,4,5). The maximum absolute atomic E-state index is 10.1. The van der Waals surface area contributed by atoms with E-state index >= 15 is 0 Å². The van der Waals surface area contributed by atoms with Crippen LogP contribution in [0.1, 0.15) is 0 Å². The van der Waals surface area contributed by atoms with Gasteiger partial charge in [0, 0.05) is 7.11 Å². The molecule has 0 aliphatic rings. The molecule has 5 nitrogen and oxygen atoms in total. The Morgan fingerprint density at radius 2 is 2.00 bits per heavy atom. The minimum absolute atomic E-state index is 0.933. The third-order valence-corrected chi connectivity index (χ3v) is 3.24. The summed E-state index contributed by atoms with van der Waals surface area (Å²) in [5, 5.41) is 0. The number of hydrogen-bond acceptors (Lipinski definition) is 4. The molecule has 0 aliphatic carbocycles. The zero-order valence-corrected chi connectivity index (χ0v) is 5.84. The Bertz CT molecular complexity index is 109. The second-order valence-corrected chi connectivity index (χ2v) is 5.41. The van der Waals surface area contributed by atoms with E-state index in [2.05, 4.69) is 4.52 Å². The second-order valence-electron chi connectivity index (χ2n) is 0.941. The number of hydrogen-bond donors (Lipinski definition) is 3. The molecule has 0 saturated carbocycles. The van der Waals surface area contributed by atoms with E-state index in [1.165, 1.54) is 0 Å². The van der Waals surface area contributed by atoms with Crippen LogP contribution >= 0.6 is 15.3 Å². The molecule has 50 valence electrons. The van der Waals surface area contributed by atoms with Gasteiger partial charge in [-0.15, -0.1) is 0 Å². The summed E-state index contributed by atoms with van der Waals surface area (Å²) in [5.74, 6) is 0. The maximum Gasteiger partial charge on any atom is 0.402 e. The molecule has 0 radical (unpaired) electrons. The lowest BCUT2D eigenvalue weighted by Crippen LogP contribution is -1.79. The fourth-order valence-corrected chi connectivity index (χ4v) is 0.657. The molecular weight excluding hydrogens is 154 g/mol. The quantitative estimate of drug-likeness (QED) is 0.496. The first-order valence-corrected chi connectivity index (χ1v) is 5.10. The van der Waals surface area contributed by atoms with Gasteiger partial charge in [0.2, 0.25) is 0 Å². The van der Waals surface area contributed by atoms with Gasteiger partial charge < -0.3 is 19.2 Å². The summed E-state index contributed by atoms with van der Waals surface area (Å²) in [6.45, 7) is 0. The molecule has 0 amide bonds. The summed E-state index contributed by atoms with van der Waals surface area (Å²) < 4.78 is 14.0. The first-order valence-electron chi connectivity index (χ1n) is 1.57. The van der Waals surface area contributed by atoms with E-state index in [4.69, 9.17) is 14.7 Å². The van der Waals surface area contributed by atoms with Crippen LogP contribution in [0.5, 0.6) is 0 Å².